The molecule has 0 radical (unpaired) electrons. The summed E-state index contributed by atoms with van der Waals surface area (Å²) in [5.74, 6) is -0.270. The highest BCUT2D eigenvalue weighted by Gasteiger charge is 2.47. The predicted octanol–water partition coefficient (Wildman–Crippen LogP) is 3.26. The van der Waals surface area contributed by atoms with E-state index in [2.05, 4.69) is 0 Å². The van der Waals surface area contributed by atoms with E-state index in [0.29, 0.717) is 11.3 Å². The summed E-state index contributed by atoms with van der Waals surface area (Å²) in [5, 5.41) is 0. The number of hydrogen-bond donors (Lipinski definition) is 0. The molecule has 98 valence electrons. The quantitative estimate of drug-likeness (QED) is 0.745. The highest BCUT2D eigenvalue weighted by Crippen LogP contribution is 2.44. The summed E-state index contributed by atoms with van der Waals surface area (Å²) in [6.07, 6.45) is -5.40. The number of likely N-dealkylation sites (N-methyl/N-ethyl adjacent to an activating group) is 1. The molecular weight excluding hydrogens is 244 g/mol. The van der Waals surface area contributed by atoms with Crippen molar-refractivity contribution in [3.05, 3.63) is 29.8 Å². The van der Waals surface area contributed by atoms with Crippen LogP contribution >= 0.6 is 0 Å². The average molecular weight is 258 g/mol. The zero-order chi connectivity index (χ0) is 13.6. The van der Waals surface area contributed by atoms with Gasteiger partial charge in [0.25, 0.3) is 0 Å². The first-order valence-corrected chi connectivity index (χ1v) is 5.70. The minimum Gasteiger partial charge on any atom is -0.314 e. The van der Waals surface area contributed by atoms with Gasteiger partial charge in [-0.1, -0.05) is 18.2 Å². The van der Waals surface area contributed by atoms with Gasteiger partial charge in [-0.25, -0.2) is 0 Å². The van der Waals surface area contributed by atoms with Gasteiger partial charge >= 0.3 is 6.18 Å². The second-order valence-corrected chi connectivity index (χ2v) is 4.83. The van der Waals surface area contributed by atoms with E-state index in [1.165, 1.54) is 4.90 Å². The van der Waals surface area contributed by atoms with Crippen LogP contribution in [-0.4, -0.2) is 19.1 Å². The van der Waals surface area contributed by atoms with E-state index >= 15 is 0 Å². The average Bonchev–Trinajstić information content (AvgIpc) is 2.50. The normalized spacial score (nSPS) is 23.4. The third-order valence-corrected chi connectivity index (χ3v) is 3.54. The summed E-state index contributed by atoms with van der Waals surface area (Å²) in [4.78, 5) is 13.6. The lowest BCUT2D eigenvalue weighted by molar-refractivity contribution is -0.141. The highest BCUT2D eigenvalue weighted by atomic mass is 19.4. The number of benzene rings is 1. The molecule has 1 unspecified atom stereocenters. The standard InChI is InChI=1S/C13H14F3NO/c1-12(7-8-13(14,15)16)9-5-3-4-6-10(9)17(2)11(12)18/h3-6H,7-8H2,1-2H3/i11+1. The van der Waals surface area contributed by atoms with Crippen LogP contribution in [0.5, 0.6) is 0 Å². The molecule has 0 bridgehead atoms. The van der Waals surface area contributed by atoms with Crippen LogP contribution in [0.15, 0.2) is 24.3 Å². The first-order chi connectivity index (χ1) is 8.26. The van der Waals surface area contributed by atoms with Crippen molar-refractivity contribution in [1.29, 1.82) is 0 Å². The number of fused-ring (bicyclic) bond motifs is 1. The number of carbonyl (C=O) groups excluding carboxylic acids is 1. The number of carbonyl (C=O) groups is 1. The van der Waals surface area contributed by atoms with Crippen LogP contribution in [0.3, 0.4) is 0 Å². The van der Waals surface area contributed by atoms with E-state index < -0.39 is 18.0 Å². The van der Waals surface area contributed by atoms with Gasteiger partial charge in [-0.15, -0.1) is 0 Å². The lowest BCUT2D eigenvalue weighted by atomic mass is 9.85. The van der Waals surface area contributed by atoms with E-state index in [4.69, 9.17) is 0 Å². The Morgan fingerprint density at radius 2 is 1.89 bits per heavy atom. The van der Waals surface area contributed by atoms with Crippen molar-refractivity contribution < 1.29 is 18.0 Å². The Morgan fingerprint density at radius 1 is 1.28 bits per heavy atom. The molecule has 0 saturated carbocycles. The Bertz CT molecular complexity index is 483. The van der Waals surface area contributed by atoms with Crippen LogP contribution in [0, 0.1) is 0 Å². The van der Waals surface area contributed by atoms with E-state index in [9.17, 15) is 18.0 Å². The number of anilines is 1. The van der Waals surface area contributed by atoms with E-state index in [-0.39, 0.29) is 12.3 Å². The number of amides is 1. The van der Waals surface area contributed by atoms with E-state index in [1.54, 1.807) is 38.2 Å². The summed E-state index contributed by atoms with van der Waals surface area (Å²) >= 11 is 0. The third-order valence-electron chi connectivity index (χ3n) is 3.54. The lowest BCUT2D eigenvalue weighted by Gasteiger charge is -2.23. The Balaban J connectivity index is 2.35. The molecule has 1 amide bonds. The van der Waals surface area contributed by atoms with Crippen molar-refractivity contribution in [1.82, 2.24) is 0 Å². The minimum absolute atomic E-state index is 0.212. The maximum absolute atomic E-state index is 12.4. The van der Waals surface area contributed by atoms with E-state index in [1.807, 2.05) is 0 Å². The number of hydrogen-bond acceptors (Lipinski definition) is 1. The Morgan fingerprint density at radius 3 is 2.50 bits per heavy atom. The fourth-order valence-electron chi connectivity index (χ4n) is 2.46. The molecular formula is C13H14F3NO. The molecule has 0 aromatic heterocycles. The third kappa shape index (κ3) is 1.98. The maximum Gasteiger partial charge on any atom is 0.389 e. The second kappa shape index (κ2) is 4.00. The molecule has 1 heterocycles. The number of alkyl halides is 3. The number of halogens is 3. The molecule has 1 aromatic rings. The Labute approximate surface area is 103 Å². The lowest BCUT2D eigenvalue weighted by Crippen LogP contribution is -2.37. The van der Waals surface area contributed by atoms with Gasteiger partial charge in [-0.3, -0.25) is 4.79 Å². The molecule has 0 fully saturated rings. The van der Waals surface area contributed by atoms with Crippen LogP contribution < -0.4 is 4.90 Å². The molecule has 18 heavy (non-hydrogen) atoms. The van der Waals surface area contributed by atoms with Crippen LogP contribution in [0.1, 0.15) is 25.3 Å². The van der Waals surface area contributed by atoms with Gasteiger partial charge in [0.15, 0.2) is 0 Å². The largest absolute Gasteiger partial charge is 0.389 e. The van der Waals surface area contributed by atoms with E-state index in [0.717, 1.165) is 0 Å². The summed E-state index contributed by atoms with van der Waals surface area (Å²) in [7, 11) is 1.60. The monoisotopic (exact) mass is 258 g/mol. The van der Waals surface area contributed by atoms with Crippen molar-refractivity contribution >= 4 is 11.6 Å². The zero-order valence-electron chi connectivity index (χ0n) is 10.2. The molecule has 0 spiro atoms. The number of para-hydroxylation sites is 1. The Hall–Kier alpha value is -1.52. The van der Waals surface area contributed by atoms with Gasteiger partial charge < -0.3 is 4.90 Å². The summed E-state index contributed by atoms with van der Waals surface area (Å²) < 4.78 is 37.1. The first-order valence-electron chi connectivity index (χ1n) is 5.70. The highest BCUT2D eigenvalue weighted by molar-refractivity contribution is 6.07. The Kier molecular flexibility index (Phi) is 2.87. The molecule has 5 heteroatoms. The van der Waals surface area contributed by atoms with Gasteiger partial charge in [0.05, 0.1) is 5.41 Å². The minimum atomic E-state index is -4.24. The van der Waals surface area contributed by atoms with Crippen molar-refractivity contribution in [3.63, 3.8) is 0 Å². The van der Waals surface area contributed by atoms with Crippen molar-refractivity contribution in [2.75, 3.05) is 11.9 Å². The molecule has 0 N–H and O–H groups in total. The van der Waals surface area contributed by atoms with Crippen molar-refractivity contribution in [2.24, 2.45) is 0 Å². The molecule has 1 aliphatic rings. The van der Waals surface area contributed by atoms with Gasteiger partial charge in [0, 0.05) is 19.2 Å². The van der Waals surface area contributed by atoms with Crippen molar-refractivity contribution in [3.8, 4) is 0 Å². The fourth-order valence-corrected chi connectivity index (χ4v) is 2.46. The topological polar surface area (TPSA) is 20.3 Å². The molecule has 0 saturated heterocycles. The SMILES string of the molecule is CN1c2ccccc2C(C)(CCC(F)(F)F)[13C]1=O. The fraction of sp³-hybridized carbons (Fsp3) is 0.462. The molecule has 0 aliphatic carbocycles. The van der Waals surface area contributed by atoms with Crippen LogP contribution in [0.2, 0.25) is 0 Å². The van der Waals surface area contributed by atoms with Crippen molar-refractivity contribution in [2.45, 2.75) is 31.4 Å². The molecule has 1 atom stereocenters. The second-order valence-electron chi connectivity index (χ2n) is 4.83. The molecule has 1 aliphatic heterocycles. The number of rotatable bonds is 2. The number of nitrogens with zero attached hydrogens (tertiary/aromatic N) is 1. The summed E-state index contributed by atoms with van der Waals surface area (Å²) in [6.45, 7) is 1.59. The van der Waals surface area contributed by atoms with Gasteiger partial charge in [0.2, 0.25) is 5.91 Å². The summed E-state index contributed by atoms with van der Waals surface area (Å²) in [5.41, 5.74) is 0.315. The summed E-state index contributed by atoms with van der Waals surface area (Å²) in [6, 6.07) is 7.01. The predicted molar refractivity (Wildman–Crippen MR) is 62.5 cm³/mol. The molecule has 2 nitrogen and oxygen atoms in total. The maximum atomic E-state index is 12.4. The van der Waals surface area contributed by atoms with Crippen LogP contribution in [-0.2, 0) is 10.2 Å². The molecule has 1 aromatic carbocycles. The van der Waals surface area contributed by atoms with Gasteiger partial charge in [-0.05, 0) is 25.0 Å². The van der Waals surface area contributed by atoms with Crippen LogP contribution in [0.25, 0.3) is 0 Å². The van der Waals surface area contributed by atoms with Gasteiger partial charge in [-0.2, -0.15) is 13.2 Å². The van der Waals surface area contributed by atoms with Gasteiger partial charge in [0.1, 0.15) is 0 Å². The smallest absolute Gasteiger partial charge is 0.314 e. The van der Waals surface area contributed by atoms with Crippen LogP contribution in [0.4, 0.5) is 18.9 Å². The first kappa shape index (κ1) is 12.9. The molecule has 2 rings (SSSR count). The zero-order valence-corrected chi connectivity index (χ0v) is 10.2.